The molecule has 2 aliphatic heterocycles. The highest BCUT2D eigenvalue weighted by atomic mass is 35.5. The summed E-state index contributed by atoms with van der Waals surface area (Å²) in [6.07, 6.45) is -5.50. The van der Waals surface area contributed by atoms with Crippen LogP contribution in [0.2, 0.25) is 4.34 Å². The van der Waals surface area contributed by atoms with Crippen LogP contribution in [-0.4, -0.2) is 79.7 Å². The summed E-state index contributed by atoms with van der Waals surface area (Å²) in [6.45, 7) is 6.79. The number of aromatic nitrogens is 1. The van der Waals surface area contributed by atoms with Crippen LogP contribution in [0.3, 0.4) is 0 Å². The number of anilines is 1. The fourth-order valence-corrected chi connectivity index (χ4v) is 8.84. The Morgan fingerprint density at radius 2 is 1.76 bits per heavy atom. The molecule has 8 nitrogen and oxygen atoms in total. The topological polar surface area (TPSA) is 85.9 Å². The number of rotatable bonds is 9. The van der Waals surface area contributed by atoms with Crippen LogP contribution in [0, 0.1) is 5.92 Å². The highest BCUT2D eigenvalue weighted by Crippen LogP contribution is 2.38. The second-order valence-corrected chi connectivity index (χ2v) is 15.7. The molecule has 1 N–H and O–H groups in total. The predicted octanol–water partition coefficient (Wildman–Crippen LogP) is 5.98. The molecule has 46 heavy (non-hydrogen) atoms. The number of nitrogens with zero attached hydrogens (tertiary/aromatic N) is 4. The van der Waals surface area contributed by atoms with Crippen LogP contribution in [0.15, 0.2) is 52.7 Å². The number of pyridine rings is 1. The summed E-state index contributed by atoms with van der Waals surface area (Å²) in [5.41, 5.74) is 0.496. The van der Waals surface area contributed by atoms with Gasteiger partial charge in [0.05, 0.1) is 22.1 Å². The number of nitrogens with one attached hydrogen (secondary N) is 1. The largest absolute Gasteiger partial charge is 0.416 e. The first kappa shape index (κ1) is 34.5. The summed E-state index contributed by atoms with van der Waals surface area (Å²) in [7, 11) is -4.43. The lowest BCUT2D eigenvalue weighted by Crippen LogP contribution is -2.47. The Labute approximate surface area is 273 Å². The fourth-order valence-electron chi connectivity index (χ4n) is 5.61. The summed E-state index contributed by atoms with van der Waals surface area (Å²) in [5, 5.41) is 2.60. The van der Waals surface area contributed by atoms with Gasteiger partial charge >= 0.3 is 6.18 Å². The minimum atomic E-state index is -4.51. The van der Waals surface area contributed by atoms with Crippen molar-refractivity contribution in [2.45, 2.75) is 49.2 Å². The lowest BCUT2D eigenvalue weighted by atomic mass is 10.1. The molecule has 0 unspecified atom stereocenters. The molecule has 250 valence electrons. The third-order valence-corrected chi connectivity index (χ3v) is 11.4. The number of amides is 1. The van der Waals surface area contributed by atoms with E-state index in [1.165, 1.54) is 24.3 Å². The van der Waals surface area contributed by atoms with Gasteiger partial charge in [-0.1, -0.05) is 37.6 Å². The zero-order valence-electron chi connectivity index (χ0n) is 25.0. The predicted molar refractivity (Wildman–Crippen MR) is 167 cm³/mol. The maximum absolute atomic E-state index is 14.5. The van der Waals surface area contributed by atoms with Gasteiger partial charge in [0.2, 0.25) is 5.91 Å². The highest BCUT2D eigenvalue weighted by Gasteiger charge is 2.53. The Morgan fingerprint density at radius 3 is 2.35 bits per heavy atom. The number of hydrogen-bond acceptors (Lipinski definition) is 7. The van der Waals surface area contributed by atoms with Crippen LogP contribution < -0.4 is 10.2 Å². The monoisotopic (exact) mass is 705 g/mol. The van der Waals surface area contributed by atoms with Gasteiger partial charge in [0.1, 0.15) is 16.1 Å². The molecule has 16 heteroatoms. The van der Waals surface area contributed by atoms with Crippen molar-refractivity contribution in [2.75, 3.05) is 44.2 Å². The molecule has 0 saturated carbocycles. The van der Waals surface area contributed by atoms with Crippen LogP contribution in [0.4, 0.5) is 27.8 Å². The molecule has 0 bridgehead atoms. The Morgan fingerprint density at radius 1 is 1.09 bits per heavy atom. The van der Waals surface area contributed by atoms with Gasteiger partial charge in [0.15, 0.2) is 0 Å². The van der Waals surface area contributed by atoms with Crippen molar-refractivity contribution in [1.29, 1.82) is 0 Å². The van der Waals surface area contributed by atoms with Crippen molar-refractivity contribution in [3.8, 4) is 11.3 Å². The van der Waals surface area contributed by atoms with Crippen molar-refractivity contribution in [2.24, 2.45) is 5.92 Å². The Bertz CT molecular complexity index is 1660. The van der Waals surface area contributed by atoms with Gasteiger partial charge < -0.3 is 10.2 Å². The number of alkyl halides is 5. The minimum absolute atomic E-state index is 0.157. The van der Waals surface area contributed by atoms with Crippen molar-refractivity contribution in [3.05, 3.63) is 64.0 Å². The van der Waals surface area contributed by atoms with E-state index in [4.69, 9.17) is 16.6 Å². The van der Waals surface area contributed by atoms with E-state index in [-0.39, 0.29) is 15.1 Å². The van der Waals surface area contributed by atoms with E-state index in [1.54, 1.807) is 12.1 Å². The number of benzene rings is 1. The molecule has 0 spiro atoms. The molecule has 4 heterocycles. The lowest BCUT2D eigenvalue weighted by molar-refractivity contribution is -0.137. The summed E-state index contributed by atoms with van der Waals surface area (Å²) in [6, 6.07) is 8.78. The van der Waals surface area contributed by atoms with Crippen LogP contribution in [0.1, 0.15) is 31.4 Å². The Kier molecular flexibility index (Phi) is 10.00. The SMILES string of the molecule is CC(C)CN1CCN(c2cc(CNC(=O)[C@@H]3CC(F)(F)CN3S(=O)(=O)c3ccc(Cl)s3)cc(-c3ccc(C(F)(F)F)cc3)n2)CC1. The minimum Gasteiger partial charge on any atom is -0.354 e. The van der Waals surface area contributed by atoms with Gasteiger partial charge in [-0.05, 0) is 47.9 Å². The third-order valence-electron chi connectivity index (χ3n) is 7.81. The second kappa shape index (κ2) is 13.3. The first-order chi connectivity index (χ1) is 21.5. The summed E-state index contributed by atoms with van der Waals surface area (Å²) >= 11 is 6.58. The number of halogens is 6. The Balaban J connectivity index is 1.39. The van der Waals surface area contributed by atoms with Crippen LogP contribution in [0.5, 0.6) is 0 Å². The highest BCUT2D eigenvalue weighted by molar-refractivity contribution is 7.91. The molecule has 1 atom stereocenters. The zero-order chi connectivity index (χ0) is 33.4. The van der Waals surface area contributed by atoms with Crippen LogP contribution in [-0.2, 0) is 27.5 Å². The summed E-state index contributed by atoms with van der Waals surface area (Å²) < 4.78 is 95.4. The molecule has 1 amide bonds. The van der Waals surface area contributed by atoms with E-state index in [0.717, 1.165) is 31.8 Å². The van der Waals surface area contributed by atoms with Gasteiger partial charge in [-0.2, -0.15) is 17.5 Å². The van der Waals surface area contributed by atoms with E-state index in [1.807, 2.05) is 4.90 Å². The molecule has 2 aliphatic rings. The average molecular weight is 706 g/mol. The van der Waals surface area contributed by atoms with E-state index < -0.39 is 52.6 Å². The maximum atomic E-state index is 14.5. The fraction of sp³-hybridized carbons (Fsp3) is 0.467. The van der Waals surface area contributed by atoms with Crippen LogP contribution in [0.25, 0.3) is 11.3 Å². The van der Waals surface area contributed by atoms with Gasteiger partial charge in [0.25, 0.3) is 15.9 Å². The average Bonchev–Trinajstić information content (AvgIpc) is 3.58. The molecule has 0 aliphatic carbocycles. The van der Waals surface area contributed by atoms with Gasteiger partial charge in [-0.15, -0.1) is 11.3 Å². The molecule has 2 aromatic heterocycles. The van der Waals surface area contributed by atoms with E-state index in [0.29, 0.717) is 57.3 Å². The summed E-state index contributed by atoms with van der Waals surface area (Å²) in [4.78, 5) is 22.4. The first-order valence-corrected chi connectivity index (χ1v) is 17.2. The van der Waals surface area contributed by atoms with Crippen molar-refractivity contribution < 1.29 is 35.2 Å². The lowest BCUT2D eigenvalue weighted by Gasteiger charge is -2.36. The van der Waals surface area contributed by atoms with Crippen molar-refractivity contribution in [1.82, 2.24) is 19.5 Å². The molecular weight excluding hydrogens is 673 g/mol. The second-order valence-electron chi connectivity index (χ2n) is 11.9. The first-order valence-electron chi connectivity index (χ1n) is 14.6. The van der Waals surface area contributed by atoms with Crippen LogP contribution >= 0.6 is 22.9 Å². The standard InChI is InChI=1S/C30H33ClF5N5O3S2/c1-19(2)17-39-9-11-40(12-10-39)26-14-20(13-23(38-26)21-3-5-22(6-4-21)30(34,35)36)16-37-28(42)24-15-29(32,33)18-41(24)46(43,44)27-8-7-25(31)45-27/h3-8,13-14,19,24H,9-12,15-18H2,1-2H3,(H,37,42)/t24-/m0/s1. The van der Waals surface area contributed by atoms with Crippen molar-refractivity contribution in [3.63, 3.8) is 0 Å². The summed E-state index contributed by atoms with van der Waals surface area (Å²) in [5.74, 6) is -3.28. The van der Waals surface area contributed by atoms with Gasteiger partial charge in [0, 0.05) is 51.3 Å². The smallest absolute Gasteiger partial charge is 0.354 e. The zero-order valence-corrected chi connectivity index (χ0v) is 27.4. The van der Waals surface area contributed by atoms with Gasteiger partial charge in [-0.25, -0.2) is 22.2 Å². The molecule has 0 radical (unpaired) electrons. The number of sulfonamides is 1. The number of hydrogen-bond donors (Lipinski definition) is 1. The molecule has 5 rings (SSSR count). The molecular formula is C30H33ClF5N5O3S2. The maximum Gasteiger partial charge on any atom is 0.416 e. The van der Waals surface area contributed by atoms with E-state index >= 15 is 0 Å². The number of carbonyl (C=O) groups is 1. The number of thiophene rings is 1. The number of carbonyl (C=O) groups excluding carboxylic acids is 1. The van der Waals surface area contributed by atoms with Gasteiger partial charge in [-0.3, -0.25) is 9.69 Å². The Hall–Kier alpha value is -2.85. The molecule has 2 fully saturated rings. The molecule has 1 aromatic carbocycles. The number of piperazine rings is 1. The molecule has 2 saturated heterocycles. The normalized spacial score (nSPS) is 19.6. The van der Waals surface area contributed by atoms with E-state index in [2.05, 4.69) is 24.1 Å². The van der Waals surface area contributed by atoms with Crippen molar-refractivity contribution >= 4 is 44.7 Å². The van der Waals surface area contributed by atoms with E-state index in [9.17, 15) is 35.2 Å². The molecule has 3 aromatic rings. The quantitative estimate of drug-likeness (QED) is 0.276. The third kappa shape index (κ3) is 7.98.